The number of nitrogens with zero attached hydrogens (tertiary/aromatic N) is 3. The molecule has 3 nitrogen and oxygen atoms in total. The Bertz CT molecular complexity index is 817. The normalized spacial score (nSPS) is 19.3. The van der Waals surface area contributed by atoms with E-state index in [1.54, 1.807) is 0 Å². The third kappa shape index (κ3) is 2.19. The minimum Gasteiger partial charge on any atom is -0.370 e. The highest BCUT2D eigenvalue weighted by Gasteiger charge is 2.32. The molecule has 0 radical (unpaired) electrons. The van der Waals surface area contributed by atoms with Crippen LogP contribution in [0.5, 0.6) is 0 Å². The van der Waals surface area contributed by atoms with Crippen molar-refractivity contribution < 1.29 is 0 Å². The molecule has 0 aromatic heterocycles. The number of hydrogen-bond donors (Lipinski definition) is 0. The molecule has 0 bridgehead atoms. The molecule has 2 aromatic rings. The number of azo groups is 1. The summed E-state index contributed by atoms with van der Waals surface area (Å²) in [4.78, 5) is 2.33. The molecule has 1 atom stereocenters. The number of benzene rings is 2. The molecule has 116 valence electrons. The predicted octanol–water partition coefficient (Wildman–Crippen LogP) is 5.00. The van der Waals surface area contributed by atoms with Gasteiger partial charge in [-0.25, -0.2) is 0 Å². The summed E-state index contributed by atoms with van der Waals surface area (Å²) in [6.07, 6.45) is 0. The molecule has 0 saturated carbocycles. The van der Waals surface area contributed by atoms with Crippen molar-refractivity contribution in [1.29, 1.82) is 0 Å². The molecule has 23 heavy (non-hydrogen) atoms. The molecule has 0 amide bonds. The minimum absolute atomic E-state index is 0.130. The van der Waals surface area contributed by atoms with E-state index in [2.05, 4.69) is 84.6 Å². The average molecular weight is 303 g/mol. The van der Waals surface area contributed by atoms with E-state index < -0.39 is 0 Å². The summed E-state index contributed by atoms with van der Waals surface area (Å²) in [5.41, 5.74) is 7.38. The summed E-state index contributed by atoms with van der Waals surface area (Å²) >= 11 is 0. The van der Waals surface area contributed by atoms with E-state index >= 15 is 0 Å². The van der Waals surface area contributed by atoms with E-state index in [0.717, 1.165) is 12.2 Å². The van der Waals surface area contributed by atoms with Crippen LogP contribution in [0.25, 0.3) is 11.3 Å². The first-order chi connectivity index (χ1) is 11.2. The smallest absolute Gasteiger partial charge is 0.101 e. The Labute approximate surface area is 137 Å². The van der Waals surface area contributed by atoms with Gasteiger partial charge in [-0.05, 0) is 17.5 Å². The highest BCUT2D eigenvalue weighted by molar-refractivity contribution is 5.98. The van der Waals surface area contributed by atoms with Crippen molar-refractivity contribution in [1.82, 2.24) is 0 Å². The Morgan fingerprint density at radius 2 is 1.70 bits per heavy atom. The van der Waals surface area contributed by atoms with E-state index in [9.17, 15) is 0 Å². The molecule has 0 saturated heterocycles. The molecule has 0 fully saturated rings. The van der Waals surface area contributed by atoms with Gasteiger partial charge in [0.25, 0.3) is 0 Å². The van der Waals surface area contributed by atoms with E-state index in [1.165, 1.54) is 28.0 Å². The molecule has 4 rings (SSSR count). The highest BCUT2D eigenvalue weighted by Crippen LogP contribution is 2.45. The lowest BCUT2D eigenvalue weighted by atomic mass is 9.86. The summed E-state index contributed by atoms with van der Waals surface area (Å²) in [5, 5.41) is 9.23. The minimum atomic E-state index is 0.130. The third-order valence-corrected chi connectivity index (χ3v) is 4.75. The number of para-hydroxylation sites is 1. The van der Waals surface area contributed by atoms with Crippen LogP contribution in [0.1, 0.15) is 30.5 Å². The zero-order chi connectivity index (χ0) is 16.0. The van der Waals surface area contributed by atoms with Gasteiger partial charge in [0, 0.05) is 36.0 Å². The van der Waals surface area contributed by atoms with Gasteiger partial charge >= 0.3 is 0 Å². The van der Waals surface area contributed by atoms with Crippen LogP contribution in [-0.2, 0) is 6.54 Å². The maximum absolute atomic E-state index is 4.62. The van der Waals surface area contributed by atoms with Crippen LogP contribution in [0.15, 0.2) is 58.8 Å². The SMILES string of the molecule is CC(C)C1N=NC2=C1c1ccccc1N(C)Cc1ccccc12. The van der Waals surface area contributed by atoms with Gasteiger partial charge in [0.1, 0.15) is 6.04 Å². The molecule has 2 aromatic carbocycles. The summed E-state index contributed by atoms with van der Waals surface area (Å²) in [7, 11) is 2.16. The van der Waals surface area contributed by atoms with Crippen molar-refractivity contribution in [3.05, 3.63) is 65.2 Å². The Balaban J connectivity index is 2.05. The van der Waals surface area contributed by atoms with Crippen LogP contribution in [0.4, 0.5) is 5.69 Å². The molecule has 1 unspecified atom stereocenters. The van der Waals surface area contributed by atoms with E-state index in [-0.39, 0.29) is 6.04 Å². The quantitative estimate of drug-likeness (QED) is 0.729. The van der Waals surface area contributed by atoms with E-state index in [4.69, 9.17) is 0 Å². The lowest BCUT2D eigenvalue weighted by Crippen LogP contribution is -2.22. The third-order valence-electron chi connectivity index (χ3n) is 4.75. The Morgan fingerprint density at radius 1 is 1.00 bits per heavy atom. The van der Waals surface area contributed by atoms with Gasteiger partial charge in [-0.1, -0.05) is 56.3 Å². The first-order valence-corrected chi connectivity index (χ1v) is 8.20. The zero-order valence-electron chi connectivity index (χ0n) is 13.8. The zero-order valence-corrected chi connectivity index (χ0v) is 13.8. The van der Waals surface area contributed by atoms with Gasteiger partial charge in [-0.2, -0.15) is 10.2 Å². The summed E-state index contributed by atoms with van der Waals surface area (Å²) in [6.45, 7) is 5.32. The van der Waals surface area contributed by atoms with Crippen LogP contribution in [0.2, 0.25) is 0 Å². The molecule has 2 aliphatic heterocycles. The van der Waals surface area contributed by atoms with Crippen LogP contribution in [0.3, 0.4) is 0 Å². The molecular formula is C20H21N3. The maximum Gasteiger partial charge on any atom is 0.101 e. The number of fused-ring (bicyclic) bond motifs is 4. The van der Waals surface area contributed by atoms with Gasteiger partial charge in [-0.15, -0.1) is 0 Å². The fraction of sp³-hybridized carbons (Fsp3) is 0.300. The number of rotatable bonds is 1. The average Bonchev–Trinajstić information content (AvgIpc) is 2.98. The maximum atomic E-state index is 4.62. The lowest BCUT2D eigenvalue weighted by molar-refractivity contribution is 0.577. The van der Waals surface area contributed by atoms with Crippen molar-refractivity contribution >= 4 is 17.0 Å². The molecule has 2 aliphatic rings. The standard InChI is InChI=1S/C20H21N3/c1-13(2)19-18-16-10-6-7-11-17(16)23(3)12-14-8-4-5-9-15(14)20(18)22-21-19/h4-11,13,19H,12H2,1-3H3. The van der Waals surface area contributed by atoms with Crippen LogP contribution >= 0.6 is 0 Å². The summed E-state index contributed by atoms with van der Waals surface area (Å²) < 4.78 is 0. The second-order valence-electron chi connectivity index (χ2n) is 6.70. The van der Waals surface area contributed by atoms with Crippen LogP contribution in [-0.4, -0.2) is 13.1 Å². The first kappa shape index (κ1) is 14.2. The largest absolute Gasteiger partial charge is 0.370 e. The molecule has 0 aliphatic carbocycles. The lowest BCUT2D eigenvalue weighted by Gasteiger charge is -2.28. The monoisotopic (exact) mass is 303 g/mol. The Hall–Kier alpha value is -2.42. The summed E-state index contributed by atoms with van der Waals surface area (Å²) in [5.74, 6) is 0.427. The topological polar surface area (TPSA) is 28.0 Å². The predicted molar refractivity (Wildman–Crippen MR) is 95.3 cm³/mol. The van der Waals surface area contributed by atoms with Gasteiger partial charge in [0.05, 0.1) is 5.70 Å². The highest BCUT2D eigenvalue weighted by atomic mass is 15.2. The molecular weight excluding hydrogens is 282 g/mol. The van der Waals surface area contributed by atoms with Crippen LogP contribution in [0, 0.1) is 5.92 Å². The molecule has 0 N–H and O–H groups in total. The van der Waals surface area contributed by atoms with Gasteiger partial charge < -0.3 is 4.90 Å². The summed E-state index contributed by atoms with van der Waals surface area (Å²) in [6, 6.07) is 17.3. The van der Waals surface area contributed by atoms with Gasteiger partial charge in [-0.3, -0.25) is 0 Å². The fourth-order valence-electron chi connectivity index (χ4n) is 3.59. The Morgan fingerprint density at radius 3 is 2.48 bits per heavy atom. The van der Waals surface area contributed by atoms with Crippen molar-refractivity contribution in [3.63, 3.8) is 0 Å². The Kier molecular flexibility index (Phi) is 3.29. The van der Waals surface area contributed by atoms with E-state index in [0.29, 0.717) is 5.92 Å². The molecule has 3 heteroatoms. The van der Waals surface area contributed by atoms with Crippen molar-refractivity contribution in [2.24, 2.45) is 16.1 Å². The second-order valence-corrected chi connectivity index (χ2v) is 6.70. The van der Waals surface area contributed by atoms with E-state index in [1.807, 2.05) is 0 Å². The van der Waals surface area contributed by atoms with Crippen molar-refractivity contribution in [2.75, 3.05) is 11.9 Å². The number of anilines is 1. The molecule has 0 spiro atoms. The second kappa shape index (κ2) is 5.34. The van der Waals surface area contributed by atoms with Crippen molar-refractivity contribution in [3.8, 4) is 0 Å². The molecule has 2 heterocycles. The fourth-order valence-corrected chi connectivity index (χ4v) is 3.59. The first-order valence-electron chi connectivity index (χ1n) is 8.20. The van der Waals surface area contributed by atoms with Crippen molar-refractivity contribution in [2.45, 2.75) is 26.4 Å². The van der Waals surface area contributed by atoms with Crippen LogP contribution < -0.4 is 4.90 Å². The number of hydrogen-bond acceptors (Lipinski definition) is 3. The van der Waals surface area contributed by atoms with Gasteiger partial charge in [0.15, 0.2) is 0 Å². The van der Waals surface area contributed by atoms with Gasteiger partial charge in [0.2, 0.25) is 0 Å².